The van der Waals surface area contributed by atoms with Crippen LogP contribution in [0.15, 0.2) is 22.5 Å². The average molecular weight is 421 g/mol. The van der Waals surface area contributed by atoms with Crippen LogP contribution in [0.1, 0.15) is 43.5 Å². The summed E-state index contributed by atoms with van der Waals surface area (Å²) in [5.74, 6) is -0.450. The molecule has 0 radical (unpaired) electrons. The van der Waals surface area contributed by atoms with Crippen molar-refractivity contribution in [1.29, 1.82) is 0 Å². The van der Waals surface area contributed by atoms with E-state index in [4.69, 9.17) is 0 Å². The lowest BCUT2D eigenvalue weighted by Crippen LogP contribution is -2.32. The molecule has 3 rings (SSSR count). The predicted octanol–water partition coefficient (Wildman–Crippen LogP) is 3.08. The highest BCUT2D eigenvalue weighted by atomic mass is 32.2. The first kappa shape index (κ1) is 20.3. The smallest absolute Gasteiger partial charge is 0.228 e. The van der Waals surface area contributed by atoms with Gasteiger partial charge in [0.25, 0.3) is 0 Å². The molecule has 8 nitrogen and oxygen atoms in total. The van der Waals surface area contributed by atoms with Gasteiger partial charge in [0.2, 0.25) is 16.9 Å². The van der Waals surface area contributed by atoms with Crippen molar-refractivity contribution in [2.75, 3.05) is 16.0 Å². The highest BCUT2D eigenvalue weighted by molar-refractivity contribution is 8.01. The SMILES string of the molecule is CCC(=O)N(c1nnc(SCC(=O)c2ccc(O)c(NC(C)=O)c2)s1)C1CC1. The van der Waals surface area contributed by atoms with Crippen LogP contribution in [0, 0.1) is 0 Å². The average Bonchev–Trinajstić information content (AvgIpc) is 3.38. The third-order valence-electron chi connectivity index (χ3n) is 4.04. The van der Waals surface area contributed by atoms with Crippen molar-refractivity contribution in [2.45, 2.75) is 43.5 Å². The van der Waals surface area contributed by atoms with Gasteiger partial charge in [0, 0.05) is 24.9 Å². The number of phenols is 1. The molecule has 2 amide bonds. The van der Waals surface area contributed by atoms with E-state index in [-0.39, 0.29) is 40.8 Å². The van der Waals surface area contributed by atoms with Crippen LogP contribution in [0.3, 0.4) is 0 Å². The van der Waals surface area contributed by atoms with Gasteiger partial charge >= 0.3 is 0 Å². The lowest BCUT2D eigenvalue weighted by molar-refractivity contribution is -0.118. The molecular weight excluding hydrogens is 400 g/mol. The number of hydrogen-bond donors (Lipinski definition) is 2. The van der Waals surface area contributed by atoms with Crippen LogP contribution in [0.2, 0.25) is 0 Å². The Bertz CT molecular complexity index is 911. The second-order valence-electron chi connectivity index (χ2n) is 6.32. The van der Waals surface area contributed by atoms with Crippen molar-refractivity contribution in [3.8, 4) is 5.75 Å². The highest BCUT2D eigenvalue weighted by Crippen LogP contribution is 2.36. The summed E-state index contributed by atoms with van der Waals surface area (Å²) in [5.41, 5.74) is 0.569. The molecule has 1 saturated carbocycles. The Kier molecular flexibility index (Phi) is 6.30. The van der Waals surface area contributed by atoms with Gasteiger partial charge in [-0.25, -0.2) is 0 Å². The molecule has 2 aromatic rings. The van der Waals surface area contributed by atoms with E-state index in [1.165, 1.54) is 48.2 Å². The number of nitrogens with zero attached hydrogens (tertiary/aromatic N) is 3. The van der Waals surface area contributed by atoms with Gasteiger partial charge in [-0.2, -0.15) is 0 Å². The molecule has 0 saturated heterocycles. The van der Waals surface area contributed by atoms with Gasteiger partial charge in [-0.15, -0.1) is 10.2 Å². The van der Waals surface area contributed by atoms with E-state index in [0.29, 0.717) is 21.5 Å². The van der Waals surface area contributed by atoms with Crippen LogP contribution < -0.4 is 10.2 Å². The minimum atomic E-state index is -0.336. The van der Waals surface area contributed by atoms with Crippen LogP contribution in [0.4, 0.5) is 10.8 Å². The minimum Gasteiger partial charge on any atom is -0.506 e. The monoisotopic (exact) mass is 420 g/mol. The second-order valence-corrected chi connectivity index (χ2v) is 8.50. The topological polar surface area (TPSA) is 112 Å². The van der Waals surface area contributed by atoms with Gasteiger partial charge in [-0.05, 0) is 31.0 Å². The molecule has 2 N–H and O–H groups in total. The lowest BCUT2D eigenvalue weighted by Gasteiger charge is -2.17. The van der Waals surface area contributed by atoms with Crippen LogP contribution >= 0.6 is 23.1 Å². The van der Waals surface area contributed by atoms with Gasteiger partial charge < -0.3 is 10.4 Å². The van der Waals surface area contributed by atoms with Crippen molar-refractivity contribution in [2.24, 2.45) is 0 Å². The normalized spacial score (nSPS) is 13.2. The zero-order valence-corrected chi connectivity index (χ0v) is 17.1. The Labute approximate surface area is 170 Å². The van der Waals surface area contributed by atoms with Crippen LogP contribution in [0.5, 0.6) is 5.75 Å². The fourth-order valence-corrected chi connectivity index (χ4v) is 4.36. The summed E-state index contributed by atoms with van der Waals surface area (Å²) >= 11 is 2.55. The number of aromatic hydroxyl groups is 1. The molecule has 0 spiro atoms. The van der Waals surface area contributed by atoms with Gasteiger partial charge in [-0.1, -0.05) is 30.0 Å². The summed E-state index contributed by atoms with van der Waals surface area (Å²) < 4.78 is 0.610. The van der Waals surface area contributed by atoms with Crippen LogP contribution in [-0.4, -0.2) is 44.7 Å². The third-order valence-corrected chi connectivity index (χ3v) is 6.10. The zero-order chi connectivity index (χ0) is 20.3. The standard InChI is InChI=1S/C18H20N4O4S2/c1-3-16(26)22(12-5-6-12)17-20-21-18(28-17)27-9-15(25)11-4-7-14(24)13(8-11)19-10(2)23/h4,7-8,12,24H,3,5-6,9H2,1-2H3,(H,19,23). The summed E-state index contributed by atoms with van der Waals surface area (Å²) in [6, 6.07) is 4.53. The number of benzene rings is 1. The first-order valence-electron chi connectivity index (χ1n) is 8.81. The summed E-state index contributed by atoms with van der Waals surface area (Å²) in [7, 11) is 0. The molecule has 0 aliphatic heterocycles. The van der Waals surface area contributed by atoms with Crippen molar-refractivity contribution in [3.05, 3.63) is 23.8 Å². The van der Waals surface area contributed by atoms with E-state index in [1.54, 1.807) is 4.90 Å². The van der Waals surface area contributed by atoms with Gasteiger partial charge in [0.05, 0.1) is 11.4 Å². The Morgan fingerprint density at radius 3 is 2.71 bits per heavy atom. The number of carbonyl (C=O) groups excluding carboxylic acids is 3. The quantitative estimate of drug-likeness (QED) is 0.292. The number of aromatic nitrogens is 2. The first-order chi connectivity index (χ1) is 13.4. The van der Waals surface area contributed by atoms with Gasteiger partial charge in [-0.3, -0.25) is 19.3 Å². The maximum atomic E-state index is 12.5. The van der Waals surface area contributed by atoms with E-state index in [1.807, 2.05) is 6.92 Å². The fraction of sp³-hybridized carbons (Fsp3) is 0.389. The Morgan fingerprint density at radius 1 is 1.32 bits per heavy atom. The van der Waals surface area contributed by atoms with E-state index >= 15 is 0 Å². The molecule has 1 aliphatic rings. The number of thioether (sulfide) groups is 1. The Balaban J connectivity index is 1.64. The molecule has 1 aromatic heterocycles. The van der Waals surface area contributed by atoms with Gasteiger partial charge in [0.1, 0.15) is 5.75 Å². The number of Topliss-reactive ketones (excluding diaryl/α,β-unsaturated/α-hetero) is 1. The summed E-state index contributed by atoms with van der Waals surface area (Å²) in [4.78, 5) is 37.5. The number of hydrogen-bond acceptors (Lipinski definition) is 8. The number of ketones is 1. The molecule has 1 heterocycles. The molecule has 1 aliphatic carbocycles. The molecule has 1 fully saturated rings. The Morgan fingerprint density at radius 2 is 2.07 bits per heavy atom. The first-order valence-corrected chi connectivity index (χ1v) is 10.6. The largest absolute Gasteiger partial charge is 0.506 e. The molecule has 28 heavy (non-hydrogen) atoms. The van der Waals surface area contributed by atoms with Gasteiger partial charge in [0.15, 0.2) is 10.1 Å². The molecule has 1 aromatic carbocycles. The summed E-state index contributed by atoms with van der Waals surface area (Å²) in [6.07, 6.45) is 2.36. The maximum absolute atomic E-state index is 12.5. The molecule has 0 unspecified atom stereocenters. The van der Waals surface area contributed by atoms with E-state index in [9.17, 15) is 19.5 Å². The number of anilines is 2. The van der Waals surface area contributed by atoms with E-state index < -0.39 is 0 Å². The van der Waals surface area contributed by atoms with E-state index in [2.05, 4.69) is 15.5 Å². The molecule has 0 bridgehead atoms. The highest BCUT2D eigenvalue weighted by Gasteiger charge is 2.35. The predicted molar refractivity (Wildman–Crippen MR) is 108 cm³/mol. The van der Waals surface area contributed by atoms with Crippen molar-refractivity contribution < 1.29 is 19.5 Å². The minimum absolute atomic E-state index is 0.0286. The molecular formula is C18H20N4O4S2. The third kappa shape index (κ3) is 4.87. The zero-order valence-electron chi connectivity index (χ0n) is 15.5. The lowest BCUT2D eigenvalue weighted by atomic mass is 10.1. The molecule has 10 heteroatoms. The van der Waals surface area contributed by atoms with E-state index in [0.717, 1.165) is 12.8 Å². The second kappa shape index (κ2) is 8.70. The number of rotatable bonds is 8. The van der Waals surface area contributed by atoms with Crippen LogP contribution in [0.25, 0.3) is 0 Å². The molecule has 148 valence electrons. The van der Waals surface area contributed by atoms with Crippen molar-refractivity contribution in [1.82, 2.24) is 10.2 Å². The Hall–Kier alpha value is -2.46. The number of amides is 2. The van der Waals surface area contributed by atoms with Crippen LogP contribution in [-0.2, 0) is 9.59 Å². The fourth-order valence-electron chi connectivity index (χ4n) is 2.54. The summed E-state index contributed by atoms with van der Waals surface area (Å²) in [5, 5.41) is 21.0. The maximum Gasteiger partial charge on any atom is 0.228 e. The number of nitrogens with one attached hydrogen (secondary N) is 1. The number of phenolic OH excluding ortho intramolecular Hbond substituents is 1. The van der Waals surface area contributed by atoms with Crippen molar-refractivity contribution >= 4 is 51.5 Å². The number of carbonyl (C=O) groups is 3. The molecule has 0 atom stereocenters. The summed E-state index contributed by atoms with van der Waals surface area (Å²) in [6.45, 7) is 3.14. The van der Waals surface area contributed by atoms with Crippen molar-refractivity contribution in [3.63, 3.8) is 0 Å².